The zero-order valence-electron chi connectivity index (χ0n) is 14.0. The fraction of sp³-hybridized carbons (Fsp3) is 0.867. The number of rotatable bonds is 10. The maximum Gasteiger partial charge on any atom is 0.314 e. The third-order valence-electron chi connectivity index (χ3n) is 3.90. The number of carboxylic acid groups (broad SMARTS) is 1. The number of carbonyl (C=O) groups excluding carboxylic acids is 1. The molecule has 0 spiro atoms. The van der Waals surface area contributed by atoms with Gasteiger partial charge in [-0.15, -0.1) is 0 Å². The molecule has 130 valence electrons. The van der Waals surface area contributed by atoms with Crippen molar-refractivity contribution in [1.82, 2.24) is 0 Å². The van der Waals surface area contributed by atoms with Crippen molar-refractivity contribution < 1.29 is 35.0 Å². The van der Waals surface area contributed by atoms with Gasteiger partial charge in [-0.05, 0) is 32.1 Å². The molecule has 0 unspecified atom stereocenters. The lowest BCUT2D eigenvalue weighted by atomic mass is 9.80. The molecule has 0 amide bonds. The molecule has 0 aliphatic heterocycles. The maximum absolute atomic E-state index is 11.9. The number of Topliss-reactive ketones (excluding diaryl/α,β-unsaturated/α-hetero) is 1. The van der Waals surface area contributed by atoms with E-state index in [0.29, 0.717) is 6.42 Å². The fourth-order valence-corrected chi connectivity index (χ4v) is 2.06. The van der Waals surface area contributed by atoms with Gasteiger partial charge in [0.2, 0.25) is 5.79 Å². The number of carbonyl (C=O) groups is 2. The lowest BCUT2D eigenvalue weighted by Crippen LogP contribution is -2.53. The minimum absolute atomic E-state index is 0.0675. The van der Waals surface area contributed by atoms with Crippen LogP contribution in [-0.4, -0.2) is 33.2 Å². The summed E-state index contributed by atoms with van der Waals surface area (Å²) in [6.45, 7) is 8.70. The summed E-state index contributed by atoms with van der Waals surface area (Å²) in [5, 5.41) is 27.2. The Morgan fingerprint density at radius 2 is 1.41 bits per heavy atom. The van der Waals surface area contributed by atoms with Crippen molar-refractivity contribution in [3.63, 3.8) is 0 Å². The van der Waals surface area contributed by atoms with Gasteiger partial charge in [-0.3, -0.25) is 9.59 Å². The molecule has 0 bridgehead atoms. The average Bonchev–Trinajstić information content (AvgIpc) is 2.38. The molecule has 0 heterocycles. The number of hydrogen-bond acceptors (Lipinski definition) is 6. The van der Waals surface area contributed by atoms with Gasteiger partial charge in [0.25, 0.3) is 0 Å². The summed E-state index contributed by atoms with van der Waals surface area (Å²) in [5.74, 6) is -3.64. The predicted octanol–water partition coefficient (Wildman–Crippen LogP) is 3.34. The monoisotopic (exact) mass is 320 g/mol. The van der Waals surface area contributed by atoms with Gasteiger partial charge < -0.3 is 5.11 Å². The van der Waals surface area contributed by atoms with Crippen molar-refractivity contribution in [2.75, 3.05) is 0 Å². The van der Waals surface area contributed by atoms with Crippen molar-refractivity contribution >= 4 is 11.8 Å². The van der Waals surface area contributed by atoms with Crippen LogP contribution in [0.2, 0.25) is 0 Å². The third kappa shape index (κ3) is 5.64. The molecular weight excluding hydrogens is 292 g/mol. The molecule has 0 aromatic rings. The summed E-state index contributed by atoms with van der Waals surface area (Å²) < 4.78 is 0. The van der Waals surface area contributed by atoms with Gasteiger partial charge in [0.1, 0.15) is 11.2 Å². The van der Waals surface area contributed by atoms with E-state index in [1.165, 1.54) is 13.8 Å². The van der Waals surface area contributed by atoms with Crippen molar-refractivity contribution in [1.29, 1.82) is 0 Å². The molecule has 0 fully saturated rings. The average molecular weight is 320 g/mol. The first-order valence-corrected chi connectivity index (χ1v) is 7.32. The Morgan fingerprint density at radius 1 is 0.909 bits per heavy atom. The van der Waals surface area contributed by atoms with Crippen LogP contribution in [0.5, 0.6) is 0 Å². The Kier molecular flexibility index (Phi) is 7.64. The molecule has 7 nitrogen and oxygen atoms in total. The van der Waals surface area contributed by atoms with Gasteiger partial charge in [-0.2, -0.15) is 9.78 Å². The summed E-state index contributed by atoms with van der Waals surface area (Å²) >= 11 is 0. The van der Waals surface area contributed by atoms with Crippen LogP contribution in [0.1, 0.15) is 66.7 Å². The SMILES string of the molecule is CC(C)(C)CCCC(=O)CCC(OO)(OO)C(C)(C)C(=O)O. The smallest absolute Gasteiger partial charge is 0.314 e. The molecule has 3 N–H and O–H groups in total. The molecule has 0 aromatic heterocycles. The maximum atomic E-state index is 11.9. The van der Waals surface area contributed by atoms with Crippen LogP contribution < -0.4 is 0 Å². The third-order valence-corrected chi connectivity index (χ3v) is 3.90. The van der Waals surface area contributed by atoms with Crippen LogP contribution in [0, 0.1) is 10.8 Å². The molecule has 0 atom stereocenters. The Bertz CT molecular complexity index is 378. The highest BCUT2D eigenvalue weighted by Gasteiger charge is 2.54. The minimum atomic E-state index is -2.20. The van der Waals surface area contributed by atoms with E-state index < -0.39 is 17.2 Å². The summed E-state index contributed by atoms with van der Waals surface area (Å²) in [4.78, 5) is 31.4. The van der Waals surface area contributed by atoms with E-state index in [9.17, 15) is 9.59 Å². The molecule has 0 rings (SSSR count). The molecule has 0 aliphatic carbocycles. The summed E-state index contributed by atoms with van der Waals surface area (Å²) in [5.41, 5.74) is -1.61. The Hall–Kier alpha value is -1.02. The van der Waals surface area contributed by atoms with Gasteiger partial charge in [-0.1, -0.05) is 20.8 Å². The largest absolute Gasteiger partial charge is 0.481 e. The van der Waals surface area contributed by atoms with E-state index in [-0.39, 0.29) is 24.0 Å². The fourth-order valence-electron chi connectivity index (χ4n) is 2.06. The molecule has 22 heavy (non-hydrogen) atoms. The minimum Gasteiger partial charge on any atom is -0.481 e. The standard InChI is InChI=1S/C15H28O7/c1-13(2,3)9-6-7-11(16)8-10-15(21-19,22-20)14(4,5)12(17)18/h19-20H,6-10H2,1-5H3,(H,17,18). The molecule has 0 aromatic carbocycles. The number of ketones is 1. The number of aliphatic carboxylic acids is 1. The highest BCUT2D eigenvalue weighted by atomic mass is 17.2. The Balaban J connectivity index is 4.67. The number of hydrogen-bond donors (Lipinski definition) is 3. The normalized spacial score (nSPS) is 13.2. The first-order chi connectivity index (χ1) is 9.92. The Morgan fingerprint density at radius 3 is 1.77 bits per heavy atom. The van der Waals surface area contributed by atoms with Crippen molar-refractivity contribution in [3.05, 3.63) is 0 Å². The molecule has 0 radical (unpaired) electrons. The second-order valence-corrected chi connectivity index (χ2v) is 7.32. The van der Waals surface area contributed by atoms with Crippen LogP contribution in [0.3, 0.4) is 0 Å². The van der Waals surface area contributed by atoms with E-state index in [1.807, 2.05) is 0 Å². The van der Waals surface area contributed by atoms with Crippen LogP contribution in [0.4, 0.5) is 0 Å². The van der Waals surface area contributed by atoms with Crippen molar-refractivity contribution in [2.24, 2.45) is 10.8 Å². The van der Waals surface area contributed by atoms with Crippen LogP contribution in [0.15, 0.2) is 0 Å². The molecule has 7 heteroatoms. The van der Waals surface area contributed by atoms with Crippen LogP contribution in [0.25, 0.3) is 0 Å². The summed E-state index contributed by atoms with van der Waals surface area (Å²) in [6, 6.07) is 0. The van der Waals surface area contributed by atoms with E-state index in [0.717, 1.165) is 12.8 Å². The van der Waals surface area contributed by atoms with Gasteiger partial charge in [-0.25, -0.2) is 10.5 Å². The zero-order valence-corrected chi connectivity index (χ0v) is 14.0. The molecule has 0 aliphatic rings. The van der Waals surface area contributed by atoms with Gasteiger partial charge in [0, 0.05) is 19.3 Å². The van der Waals surface area contributed by atoms with Gasteiger partial charge in [0.05, 0.1) is 0 Å². The quantitative estimate of drug-likeness (QED) is 0.321. The Labute approximate surface area is 131 Å². The van der Waals surface area contributed by atoms with Crippen molar-refractivity contribution in [3.8, 4) is 0 Å². The highest BCUT2D eigenvalue weighted by Crippen LogP contribution is 2.38. The topological polar surface area (TPSA) is 113 Å². The number of carboxylic acids is 1. The molecule has 0 saturated carbocycles. The molecular formula is C15H28O7. The second kappa shape index (κ2) is 8.01. The van der Waals surface area contributed by atoms with E-state index in [2.05, 4.69) is 30.5 Å². The second-order valence-electron chi connectivity index (χ2n) is 7.32. The molecule has 0 saturated heterocycles. The first kappa shape index (κ1) is 21.0. The lowest BCUT2D eigenvalue weighted by Gasteiger charge is -2.37. The van der Waals surface area contributed by atoms with E-state index in [1.54, 1.807) is 0 Å². The summed E-state index contributed by atoms with van der Waals surface area (Å²) in [7, 11) is 0. The lowest BCUT2D eigenvalue weighted by molar-refractivity contribution is -0.509. The van der Waals surface area contributed by atoms with Gasteiger partial charge in [0.15, 0.2) is 0 Å². The predicted molar refractivity (Wildman–Crippen MR) is 79.1 cm³/mol. The van der Waals surface area contributed by atoms with E-state index in [4.69, 9.17) is 15.6 Å². The zero-order chi connectivity index (χ0) is 17.6. The van der Waals surface area contributed by atoms with Crippen LogP contribution >= 0.6 is 0 Å². The highest BCUT2D eigenvalue weighted by molar-refractivity contribution is 5.79. The van der Waals surface area contributed by atoms with Gasteiger partial charge >= 0.3 is 5.97 Å². The van der Waals surface area contributed by atoms with Crippen molar-refractivity contribution in [2.45, 2.75) is 72.5 Å². The first-order valence-electron chi connectivity index (χ1n) is 7.32. The van der Waals surface area contributed by atoms with Crippen LogP contribution in [-0.2, 0) is 19.4 Å². The van der Waals surface area contributed by atoms with E-state index >= 15 is 0 Å². The summed E-state index contributed by atoms with van der Waals surface area (Å²) in [6.07, 6.45) is 1.61.